The first kappa shape index (κ1) is 14.5. The third-order valence-electron chi connectivity index (χ3n) is 2.79. The van der Waals surface area contributed by atoms with Gasteiger partial charge >= 0.3 is 0 Å². The molecule has 0 aliphatic carbocycles. The third kappa shape index (κ3) is 4.37. The fourth-order valence-electron chi connectivity index (χ4n) is 1.71. The molecule has 0 saturated carbocycles. The molecule has 1 atom stereocenters. The lowest BCUT2D eigenvalue weighted by Gasteiger charge is -2.15. The van der Waals surface area contributed by atoms with Gasteiger partial charge in [-0.2, -0.15) is 0 Å². The predicted octanol–water partition coefficient (Wildman–Crippen LogP) is 1.34. The lowest BCUT2D eigenvalue weighted by Crippen LogP contribution is -2.32. The quantitative estimate of drug-likeness (QED) is 0.799. The molecule has 1 aromatic carbocycles. The highest BCUT2D eigenvalue weighted by Crippen LogP contribution is 2.13. The van der Waals surface area contributed by atoms with Crippen LogP contribution in [0.4, 0.5) is 5.69 Å². The summed E-state index contributed by atoms with van der Waals surface area (Å²) in [7, 11) is 5.84. The van der Waals surface area contributed by atoms with E-state index in [9.17, 15) is 4.79 Å². The van der Waals surface area contributed by atoms with Gasteiger partial charge in [-0.3, -0.25) is 4.79 Å². The van der Waals surface area contributed by atoms with Crippen molar-refractivity contribution >= 4 is 11.6 Å². The van der Waals surface area contributed by atoms with Crippen LogP contribution in [0.3, 0.4) is 0 Å². The van der Waals surface area contributed by atoms with Crippen molar-refractivity contribution in [1.29, 1.82) is 0 Å². The fraction of sp³-hybridized carbons (Fsp3) is 0.500. The summed E-state index contributed by atoms with van der Waals surface area (Å²) in [6.07, 6.45) is 0. The standard InChI is InChI=1S/C14H23N3O/c1-11(9-15-2)10-16-14(18)12-6-5-7-13(8-12)17(3)4/h5-8,11,15H,9-10H2,1-4H3,(H,16,18). The van der Waals surface area contributed by atoms with Crippen molar-refractivity contribution in [1.82, 2.24) is 10.6 Å². The summed E-state index contributed by atoms with van der Waals surface area (Å²) in [6.45, 7) is 3.69. The predicted molar refractivity (Wildman–Crippen MR) is 76.2 cm³/mol. The Balaban J connectivity index is 2.58. The molecular formula is C14H23N3O. The molecule has 0 heterocycles. The Kier molecular flexibility index (Phi) is 5.65. The van der Waals surface area contributed by atoms with Gasteiger partial charge in [0.05, 0.1) is 0 Å². The maximum atomic E-state index is 12.0. The van der Waals surface area contributed by atoms with Gasteiger partial charge in [-0.1, -0.05) is 13.0 Å². The van der Waals surface area contributed by atoms with E-state index in [1.54, 1.807) is 0 Å². The van der Waals surface area contributed by atoms with Crippen LogP contribution in [0.25, 0.3) is 0 Å². The highest BCUT2D eigenvalue weighted by atomic mass is 16.1. The number of amides is 1. The van der Waals surface area contributed by atoms with Crippen molar-refractivity contribution in [2.24, 2.45) is 5.92 Å². The Morgan fingerprint density at radius 2 is 2.06 bits per heavy atom. The number of anilines is 1. The second-order valence-corrected chi connectivity index (χ2v) is 4.82. The number of carbonyl (C=O) groups excluding carboxylic acids is 1. The second kappa shape index (κ2) is 7.01. The Bertz CT molecular complexity index is 390. The number of rotatable bonds is 6. The Morgan fingerprint density at radius 1 is 1.33 bits per heavy atom. The largest absolute Gasteiger partial charge is 0.378 e. The monoisotopic (exact) mass is 249 g/mol. The Morgan fingerprint density at radius 3 is 2.67 bits per heavy atom. The maximum Gasteiger partial charge on any atom is 0.251 e. The molecule has 18 heavy (non-hydrogen) atoms. The molecule has 2 N–H and O–H groups in total. The van der Waals surface area contributed by atoms with Gasteiger partial charge in [-0.15, -0.1) is 0 Å². The van der Waals surface area contributed by atoms with Gasteiger partial charge in [0, 0.05) is 31.9 Å². The number of carbonyl (C=O) groups is 1. The first-order valence-electron chi connectivity index (χ1n) is 6.24. The lowest BCUT2D eigenvalue weighted by molar-refractivity contribution is 0.0948. The smallest absolute Gasteiger partial charge is 0.251 e. The number of nitrogens with zero attached hydrogens (tertiary/aromatic N) is 1. The highest BCUT2D eigenvalue weighted by Gasteiger charge is 2.08. The van der Waals surface area contributed by atoms with Crippen molar-refractivity contribution in [3.63, 3.8) is 0 Å². The summed E-state index contributed by atoms with van der Waals surface area (Å²) in [5, 5.41) is 6.05. The molecule has 1 rings (SSSR count). The van der Waals surface area contributed by atoms with E-state index in [2.05, 4.69) is 17.6 Å². The fourth-order valence-corrected chi connectivity index (χ4v) is 1.71. The first-order chi connectivity index (χ1) is 8.54. The summed E-state index contributed by atoms with van der Waals surface area (Å²) in [6, 6.07) is 7.63. The van der Waals surface area contributed by atoms with E-state index >= 15 is 0 Å². The van der Waals surface area contributed by atoms with E-state index in [1.165, 1.54) is 0 Å². The van der Waals surface area contributed by atoms with Crippen LogP contribution < -0.4 is 15.5 Å². The molecule has 0 saturated heterocycles. The van der Waals surface area contributed by atoms with Crippen molar-refractivity contribution in [3.8, 4) is 0 Å². The zero-order valence-electron chi connectivity index (χ0n) is 11.7. The number of hydrogen-bond acceptors (Lipinski definition) is 3. The topological polar surface area (TPSA) is 44.4 Å². The molecule has 1 unspecified atom stereocenters. The van der Waals surface area contributed by atoms with E-state index < -0.39 is 0 Å². The summed E-state index contributed by atoms with van der Waals surface area (Å²) in [5.74, 6) is 0.414. The summed E-state index contributed by atoms with van der Waals surface area (Å²) < 4.78 is 0. The minimum Gasteiger partial charge on any atom is -0.378 e. The lowest BCUT2D eigenvalue weighted by atomic mass is 10.1. The molecule has 1 aromatic rings. The molecule has 4 heteroatoms. The van der Waals surface area contributed by atoms with Crippen molar-refractivity contribution in [3.05, 3.63) is 29.8 Å². The molecule has 1 amide bonds. The molecule has 0 radical (unpaired) electrons. The van der Waals surface area contributed by atoms with Crippen LogP contribution in [-0.2, 0) is 0 Å². The number of benzene rings is 1. The van der Waals surface area contributed by atoms with E-state index in [-0.39, 0.29) is 5.91 Å². The molecule has 100 valence electrons. The summed E-state index contributed by atoms with van der Waals surface area (Å²) >= 11 is 0. The van der Waals surface area contributed by atoms with Crippen LogP contribution in [-0.4, -0.2) is 40.1 Å². The molecule has 4 nitrogen and oxygen atoms in total. The zero-order chi connectivity index (χ0) is 13.5. The van der Waals surface area contributed by atoms with Gasteiger partial charge in [-0.25, -0.2) is 0 Å². The van der Waals surface area contributed by atoms with Crippen LogP contribution >= 0.6 is 0 Å². The first-order valence-corrected chi connectivity index (χ1v) is 6.24. The normalized spacial score (nSPS) is 12.0. The van der Waals surface area contributed by atoms with E-state index in [0.29, 0.717) is 18.0 Å². The van der Waals surface area contributed by atoms with Gasteiger partial charge in [0.25, 0.3) is 5.91 Å². The van der Waals surface area contributed by atoms with E-state index in [0.717, 1.165) is 12.2 Å². The van der Waals surface area contributed by atoms with Crippen LogP contribution in [0.1, 0.15) is 17.3 Å². The molecule has 0 spiro atoms. The molecule has 0 bridgehead atoms. The molecule has 0 aromatic heterocycles. The number of hydrogen-bond donors (Lipinski definition) is 2. The molecular weight excluding hydrogens is 226 g/mol. The maximum absolute atomic E-state index is 12.0. The Labute approximate surface area is 109 Å². The SMILES string of the molecule is CNCC(C)CNC(=O)c1cccc(N(C)C)c1. The van der Waals surface area contributed by atoms with Crippen LogP contribution in [0.2, 0.25) is 0 Å². The van der Waals surface area contributed by atoms with E-state index in [4.69, 9.17) is 0 Å². The average Bonchev–Trinajstić information content (AvgIpc) is 2.36. The minimum absolute atomic E-state index is 0.0124. The van der Waals surface area contributed by atoms with Crippen LogP contribution in [0.5, 0.6) is 0 Å². The molecule has 0 aliphatic heterocycles. The van der Waals surface area contributed by atoms with Gasteiger partial charge in [0.15, 0.2) is 0 Å². The van der Waals surface area contributed by atoms with Crippen molar-refractivity contribution in [2.75, 3.05) is 39.1 Å². The Hall–Kier alpha value is -1.55. The van der Waals surface area contributed by atoms with E-state index in [1.807, 2.05) is 50.3 Å². The number of nitrogens with one attached hydrogen (secondary N) is 2. The van der Waals surface area contributed by atoms with Crippen LogP contribution in [0.15, 0.2) is 24.3 Å². The molecule has 0 fully saturated rings. The van der Waals surface area contributed by atoms with Gasteiger partial charge < -0.3 is 15.5 Å². The van der Waals surface area contributed by atoms with Gasteiger partial charge in [-0.05, 0) is 37.7 Å². The second-order valence-electron chi connectivity index (χ2n) is 4.82. The van der Waals surface area contributed by atoms with Crippen molar-refractivity contribution in [2.45, 2.75) is 6.92 Å². The zero-order valence-corrected chi connectivity index (χ0v) is 11.7. The van der Waals surface area contributed by atoms with Gasteiger partial charge in [0.2, 0.25) is 0 Å². The van der Waals surface area contributed by atoms with Crippen LogP contribution in [0, 0.1) is 5.92 Å². The minimum atomic E-state index is -0.0124. The molecule has 0 aliphatic rings. The third-order valence-corrected chi connectivity index (χ3v) is 2.79. The average molecular weight is 249 g/mol. The highest BCUT2D eigenvalue weighted by molar-refractivity contribution is 5.95. The van der Waals surface area contributed by atoms with Gasteiger partial charge in [0.1, 0.15) is 0 Å². The van der Waals surface area contributed by atoms with Crippen molar-refractivity contribution < 1.29 is 4.79 Å². The summed E-state index contributed by atoms with van der Waals surface area (Å²) in [4.78, 5) is 14.0. The summed E-state index contributed by atoms with van der Waals surface area (Å²) in [5.41, 5.74) is 1.74.